The Bertz CT molecular complexity index is 17.1. The average molecular weight is 474 g/mol. The van der Waals surface area contributed by atoms with E-state index in [9.17, 15) is 0 Å². The van der Waals surface area contributed by atoms with Crippen LogP contribution in [0.4, 0.5) is 0 Å². The van der Waals surface area contributed by atoms with E-state index in [4.69, 9.17) is 28.0 Å². The van der Waals surface area contributed by atoms with Gasteiger partial charge in [0.1, 0.15) is 0 Å². The molecule has 0 fully saturated rings. The minimum Gasteiger partial charge on any atom is -0.295 e. The second-order valence-corrected chi connectivity index (χ2v) is 0. The second-order valence-electron chi connectivity index (χ2n) is 0. The summed E-state index contributed by atoms with van der Waals surface area (Å²) in [5, 5.41) is 0. The van der Waals surface area contributed by atoms with Crippen molar-refractivity contribution in [1.82, 2.24) is 0 Å². The zero-order valence-electron chi connectivity index (χ0n) is 5.28. The van der Waals surface area contributed by atoms with Crippen LogP contribution in [-0.4, -0.2) is 28.0 Å². The molecule has 0 aromatic carbocycles. The molecule has 6 nitrogen and oxygen atoms in total. The molecule has 0 unspecified atom stereocenters. The van der Waals surface area contributed by atoms with Gasteiger partial charge in [0.15, 0.2) is 0 Å². The number of hydrogen-bond acceptors (Lipinski definition) is 6. The van der Waals surface area contributed by atoms with E-state index in [0.717, 1.165) is 0 Å². The van der Waals surface area contributed by atoms with Crippen LogP contribution >= 0.6 is 71.2 Å². The van der Waals surface area contributed by atoms with Crippen LogP contribution < -0.4 is 0 Å². The first-order chi connectivity index (χ1) is 6.00. The Morgan fingerprint density at radius 2 is 0.308 bits per heavy atom. The summed E-state index contributed by atoms with van der Waals surface area (Å²) in [6.07, 6.45) is 0. The van der Waals surface area contributed by atoms with Gasteiger partial charge in [-0.1, -0.05) is 0 Å². The van der Waals surface area contributed by atoms with E-state index < -0.39 is 0 Å². The van der Waals surface area contributed by atoms with Gasteiger partial charge < -0.3 is 0 Å². The second kappa shape index (κ2) is 362. The smallest absolute Gasteiger partial charge is 0.0579 e. The van der Waals surface area contributed by atoms with Crippen molar-refractivity contribution in [2.75, 3.05) is 0 Å². The molecule has 0 aliphatic heterocycles. The first-order valence-corrected chi connectivity index (χ1v) is 3.04. The number of rotatable bonds is 0. The largest absolute Gasteiger partial charge is 0.295 e. The van der Waals surface area contributed by atoms with Gasteiger partial charge in [-0.05, 0) is 0 Å². The Morgan fingerprint density at radius 1 is 0.308 bits per heavy atom. The van der Waals surface area contributed by atoms with Crippen molar-refractivity contribution in [1.29, 1.82) is 0 Å². The summed E-state index contributed by atoms with van der Waals surface area (Å²) < 4.78 is 38.8. The van der Waals surface area contributed by atoms with Crippen LogP contribution in [0.5, 0.6) is 0 Å². The Labute approximate surface area is 136 Å². The van der Waals surface area contributed by atoms with E-state index in [0.29, 0.717) is 0 Å². The van der Waals surface area contributed by atoms with Gasteiger partial charge in [-0.2, -0.15) is 0 Å². The summed E-state index contributed by atoms with van der Waals surface area (Å²) in [6.45, 7) is 0. The van der Waals surface area contributed by atoms with Crippen LogP contribution in [0, 0.1) is 38.6 Å². The molecule has 0 amide bonds. The van der Waals surface area contributed by atoms with Gasteiger partial charge in [-0.25, -0.2) is 0 Å². The maximum absolute atomic E-state index is 6.47. The van der Waals surface area contributed by atoms with Crippen molar-refractivity contribution in [3.8, 4) is 0 Å². The molecule has 13 heteroatoms. The summed E-state index contributed by atoms with van der Waals surface area (Å²) in [6, 6.07) is 0. The maximum atomic E-state index is 6.47. The van der Waals surface area contributed by atoms with Crippen LogP contribution in [0.1, 0.15) is 0 Å². The van der Waals surface area contributed by atoms with Crippen molar-refractivity contribution in [2.45, 2.75) is 0 Å². The fraction of sp³-hybridized carbons (Fsp3) is 0. The number of hydrogen-bond donors (Lipinski definition) is 6. The monoisotopic (exact) mass is 471 g/mol. The van der Waals surface area contributed by atoms with Crippen molar-refractivity contribution >= 4 is 71.2 Å². The van der Waals surface area contributed by atoms with Crippen molar-refractivity contribution in [3.05, 3.63) is 0 Å². The fourth-order valence-electron chi connectivity index (χ4n) is 0. The van der Waals surface area contributed by atoms with E-state index in [-0.39, 0.29) is 38.6 Å². The molecule has 0 aromatic heterocycles. The third-order valence-electron chi connectivity index (χ3n) is 0. The molecule has 0 aromatic rings. The summed E-state index contributed by atoms with van der Waals surface area (Å²) >= 11 is 21.8. The molecule has 0 bridgehead atoms. The fourth-order valence-corrected chi connectivity index (χ4v) is 0. The zero-order chi connectivity index (χ0) is 12.0. The molecular weight excluding hydrogens is 468 g/mol. The van der Waals surface area contributed by atoms with Crippen LogP contribution in [0.2, 0.25) is 0 Å². The molecule has 13 heavy (non-hydrogen) atoms. The molecule has 0 atom stereocenters. The first kappa shape index (κ1) is 44.7. The molecule has 0 saturated carbocycles. The molecule has 0 aliphatic rings. The Hall–Kier alpha value is 2.79. The Balaban J connectivity index is -0.00000000655. The SMILES string of the molecule is OCl.OCl.OCl.OCl.OCl.OCl.[Tb]. The summed E-state index contributed by atoms with van der Waals surface area (Å²) in [5.74, 6) is 0. The molecule has 93 valence electrons. The van der Waals surface area contributed by atoms with Gasteiger partial charge in [0.25, 0.3) is 0 Å². The molecule has 0 rings (SSSR count). The van der Waals surface area contributed by atoms with Gasteiger partial charge in [0.05, 0.1) is 71.2 Å². The zero-order valence-corrected chi connectivity index (χ0v) is 12.0. The van der Waals surface area contributed by atoms with Crippen LogP contribution in [-0.2, 0) is 0 Å². The quantitative estimate of drug-likeness (QED) is 0.309. The molecule has 6 N–H and O–H groups in total. The van der Waals surface area contributed by atoms with E-state index >= 15 is 0 Å². The van der Waals surface area contributed by atoms with Gasteiger partial charge in [0.2, 0.25) is 0 Å². The topological polar surface area (TPSA) is 121 Å². The van der Waals surface area contributed by atoms with Gasteiger partial charge in [-0.15, -0.1) is 0 Å². The van der Waals surface area contributed by atoms with E-state index in [2.05, 4.69) is 71.2 Å². The predicted octanol–water partition coefficient (Wildman–Crippen LogP) is 0.795. The maximum Gasteiger partial charge on any atom is 0.0579 e. The first-order valence-electron chi connectivity index (χ1n) is 1.01. The Morgan fingerprint density at radius 3 is 0.308 bits per heavy atom. The van der Waals surface area contributed by atoms with Crippen LogP contribution in [0.15, 0.2) is 0 Å². The van der Waals surface area contributed by atoms with Crippen molar-refractivity contribution < 1.29 is 66.6 Å². The molecule has 0 heterocycles. The van der Waals surface area contributed by atoms with Crippen LogP contribution in [0.3, 0.4) is 0 Å². The molecular formula is H6Cl6O6Tb. The summed E-state index contributed by atoms with van der Waals surface area (Å²) in [5.41, 5.74) is 0. The number of halogens is 6. The van der Waals surface area contributed by atoms with Gasteiger partial charge in [0, 0.05) is 38.6 Å². The van der Waals surface area contributed by atoms with E-state index in [1.54, 1.807) is 0 Å². The minimum atomic E-state index is 0. The van der Waals surface area contributed by atoms with Crippen molar-refractivity contribution in [2.24, 2.45) is 0 Å². The third kappa shape index (κ3) is 311. The van der Waals surface area contributed by atoms with Crippen molar-refractivity contribution in [3.63, 3.8) is 0 Å². The van der Waals surface area contributed by atoms with E-state index in [1.165, 1.54) is 0 Å². The van der Waals surface area contributed by atoms with E-state index in [1.807, 2.05) is 0 Å². The minimum absolute atomic E-state index is 0. The van der Waals surface area contributed by atoms with Crippen LogP contribution in [0.25, 0.3) is 0 Å². The molecule has 1 radical (unpaired) electrons. The predicted molar refractivity (Wildman–Crippen MR) is 48.4 cm³/mol. The summed E-state index contributed by atoms with van der Waals surface area (Å²) in [7, 11) is 0. The Kier molecular flexibility index (Phi) is 1250. The molecule has 0 spiro atoms. The molecule has 0 aliphatic carbocycles. The molecule has 0 saturated heterocycles. The standard InChI is InChI=1S/6ClHO.Tb/c6*1-2;/h6*2H;. The summed E-state index contributed by atoms with van der Waals surface area (Å²) in [4.78, 5) is 0. The average Bonchev–Trinajstić information content (AvgIpc) is 2.33. The third-order valence-corrected chi connectivity index (χ3v) is 0. The van der Waals surface area contributed by atoms with Gasteiger partial charge in [-0.3, -0.25) is 28.0 Å². The van der Waals surface area contributed by atoms with Gasteiger partial charge >= 0.3 is 0 Å². The normalized spacial score (nSPS) is 2.77.